The van der Waals surface area contributed by atoms with E-state index < -0.39 is 43.8 Å². The highest BCUT2D eigenvalue weighted by molar-refractivity contribution is 7.89. The molecule has 1 aliphatic rings. The zero-order valence-corrected chi connectivity index (χ0v) is 14.7. The molecule has 2 aromatic carbocycles. The first kappa shape index (κ1) is 19.3. The van der Waals surface area contributed by atoms with Gasteiger partial charge in [0.25, 0.3) is 5.91 Å². The van der Waals surface area contributed by atoms with Crippen molar-refractivity contribution >= 4 is 21.6 Å². The number of sulfonamides is 1. The summed E-state index contributed by atoms with van der Waals surface area (Å²) in [6, 6.07) is 5.41. The van der Waals surface area contributed by atoms with Gasteiger partial charge >= 0.3 is 0 Å². The third-order valence-corrected chi connectivity index (χ3v) is 5.87. The van der Waals surface area contributed by atoms with Crippen LogP contribution < -0.4 is 5.32 Å². The average Bonchev–Trinajstić information content (AvgIpc) is 2.63. The Kier molecular flexibility index (Phi) is 5.49. The highest BCUT2D eigenvalue weighted by atomic mass is 32.2. The van der Waals surface area contributed by atoms with Crippen molar-refractivity contribution < 1.29 is 31.1 Å². The first-order chi connectivity index (χ1) is 12.8. The second-order valence-electron chi connectivity index (χ2n) is 5.74. The fraction of sp³-hybridized carbons (Fsp3) is 0.235. The predicted molar refractivity (Wildman–Crippen MR) is 90.3 cm³/mol. The van der Waals surface area contributed by atoms with Gasteiger partial charge in [-0.15, -0.1) is 0 Å². The number of anilines is 1. The van der Waals surface area contributed by atoms with E-state index in [2.05, 4.69) is 5.32 Å². The molecule has 10 heteroatoms. The molecule has 1 N–H and O–H groups in total. The monoisotopic (exact) mass is 400 g/mol. The molecule has 0 aliphatic carbocycles. The Labute approximate surface area is 153 Å². The second kappa shape index (κ2) is 7.67. The molecule has 144 valence electrons. The Morgan fingerprint density at radius 1 is 1.00 bits per heavy atom. The molecule has 0 saturated carbocycles. The zero-order valence-electron chi connectivity index (χ0n) is 13.9. The predicted octanol–water partition coefficient (Wildman–Crippen LogP) is 2.38. The lowest BCUT2D eigenvalue weighted by Gasteiger charge is -2.26. The number of nitrogens with one attached hydrogen (secondary N) is 1. The van der Waals surface area contributed by atoms with Crippen molar-refractivity contribution in [3.05, 3.63) is 59.4 Å². The first-order valence-electron chi connectivity index (χ1n) is 7.93. The van der Waals surface area contributed by atoms with Gasteiger partial charge in [-0.25, -0.2) is 21.6 Å². The maximum atomic E-state index is 14.1. The number of carbonyl (C=O) groups excluding carboxylic acids is 1. The molecule has 0 unspecified atom stereocenters. The molecule has 1 amide bonds. The van der Waals surface area contributed by atoms with Crippen molar-refractivity contribution in [3.8, 4) is 0 Å². The maximum Gasteiger partial charge on any atom is 0.258 e. The van der Waals surface area contributed by atoms with Crippen molar-refractivity contribution in [3.63, 3.8) is 0 Å². The van der Waals surface area contributed by atoms with Crippen LogP contribution in [-0.2, 0) is 14.8 Å². The zero-order chi connectivity index (χ0) is 19.6. The van der Waals surface area contributed by atoms with Crippen LogP contribution in [0.4, 0.5) is 18.9 Å². The molecule has 0 bridgehead atoms. The van der Waals surface area contributed by atoms with Gasteiger partial charge < -0.3 is 10.1 Å². The quantitative estimate of drug-likeness (QED) is 0.855. The Morgan fingerprint density at radius 3 is 2.37 bits per heavy atom. The van der Waals surface area contributed by atoms with Crippen molar-refractivity contribution in [2.24, 2.45) is 0 Å². The van der Waals surface area contributed by atoms with Crippen LogP contribution in [0, 0.1) is 17.5 Å². The molecule has 27 heavy (non-hydrogen) atoms. The number of amides is 1. The fourth-order valence-corrected chi connectivity index (χ4v) is 4.08. The molecule has 0 spiro atoms. The van der Waals surface area contributed by atoms with E-state index in [1.54, 1.807) is 0 Å². The van der Waals surface area contributed by atoms with Crippen LogP contribution in [0.25, 0.3) is 0 Å². The number of carbonyl (C=O) groups is 1. The summed E-state index contributed by atoms with van der Waals surface area (Å²) in [6.45, 7) is 0.556. The van der Waals surface area contributed by atoms with Gasteiger partial charge in [-0.2, -0.15) is 4.31 Å². The molecular weight excluding hydrogens is 385 g/mol. The van der Waals surface area contributed by atoms with Crippen LogP contribution >= 0.6 is 0 Å². The van der Waals surface area contributed by atoms with Crippen molar-refractivity contribution in [1.29, 1.82) is 0 Å². The van der Waals surface area contributed by atoms with E-state index in [0.717, 1.165) is 34.6 Å². The number of nitrogens with zero attached hydrogens (tertiary/aromatic N) is 1. The Hall–Kier alpha value is -2.43. The van der Waals surface area contributed by atoms with Gasteiger partial charge in [0.1, 0.15) is 22.3 Å². The molecule has 2 aromatic rings. The highest BCUT2D eigenvalue weighted by Crippen LogP contribution is 2.24. The number of ether oxygens (including phenoxy) is 1. The lowest BCUT2D eigenvalue weighted by atomic mass is 10.2. The number of rotatable bonds is 4. The van der Waals surface area contributed by atoms with E-state index in [9.17, 15) is 26.4 Å². The summed E-state index contributed by atoms with van der Waals surface area (Å²) in [5.74, 6) is -3.82. The van der Waals surface area contributed by atoms with Gasteiger partial charge in [0.05, 0.1) is 18.8 Å². The highest BCUT2D eigenvalue weighted by Gasteiger charge is 2.29. The molecule has 6 nitrogen and oxygen atoms in total. The summed E-state index contributed by atoms with van der Waals surface area (Å²) in [7, 11) is -4.13. The van der Waals surface area contributed by atoms with Crippen molar-refractivity contribution in [2.75, 3.05) is 31.6 Å². The minimum Gasteiger partial charge on any atom is -0.379 e. The smallest absolute Gasteiger partial charge is 0.258 e. The Bertz CT molecular complexity index is 976. The number of hydrogen-bond donors (Lipinski definition) is 1. The molecule has 0 aromatic heterocycles. The summed E-state index contributed by atoms with van der Waals surface area (Å²) < 4.78 is 72.2. The minimum atomic E-state index is -4.13. The summed E-state index contributed by atoms with van der Waals surface area (Å²) in [5.41, 5.74) is -0.477. The lowest BCUT2D eigenvalue weighted by Crippen LogP contribution is -2.40. The van der Waals surface area contributed by atoms with Crippen LogP contribution in [0.5, 0.6) is 0 Å². The SMILES string of the molecule is O=C(Nc1ccc(F)c(S(=O)(=O)N2CCOCC2)c1)c1ccc(F)cc1F. The third kappa shape index (κ3) is 4.12. The van der Waals surface area contributed by atoms with Gasteiger partial charge in [0.2, 0.25) is 10.0 Å². The average molecular weight is 400 g/mol. The number of hydrogen-bond acceptors (Lipinski definition) is 4. The molecular formula is C17H15F3N2O4S. The molecule has 0 atom stereocenters. The number of morpholine rings is 1. The van der Waals surface area contributed by atoms with Gasteiger partial charge in [0.15, 0.2) is 0 Å². The molecule has 1 saturated heterocycles. The van der Waals surface area contributed by atoms with E-state index in [1.165, 1.54) is 0 Å². The van der Waals surface area contributed by atoms with E-state index in [1.807, 2.05) is 0 Å². The van der Waals surface area contributed by atoms with E-state index in [-0.39, 0.29) is 32.0 Å². The minimum absolute atomic E-state index is 0.0445. The summed E-state index contributed by atoms with van der Waals surface area (Å²) in [4.78, 5) is 11.5. The largest absolute Gasteiger partial charge is 0.379 e. The van der Waals surface area contributed by atoms with Crippen LogP contribution in [0.15, 0.2) is 41.3 Å². The molecule has 1 aliphatic heterocycles. The summed E-state index contributed by atoms with van der Waals surface area (Å²) in [5, 5.41) is 2.29. The normalized spacial score (nSPS) is 15.5. The standard InChI is InChI=1S/C17H15F3N2O4S/c18-11-1-3-13(15(20)9-11)17(23)21-12-2-4-14(19)16(10-12)27(24,25)22-5-7-26-8-6-22/h1-4,9-10H,5-8H2,(H,21,23). The van der Waals surface area contributed by atoms with E-state index >= 15 is 0 Å². The fourth-order valence-electron chi connectivity index (χ4n) is 2.58. The molecule has 1 heterocycles. The lowest BCUT2D eigenvalue weighted by molar-refractivity contribution is 0.0729. The molecule has 0 radical (unpaired) electrons. The van der Waals surface area contributed by atoms with Crippen LogP contribution in [0.2, 0.25) is 0 Å². The summed E-state index contributed by atoms with van der Waals surface area (Å²) in [6.07, 6.45) is 0. The first-order valence-corrected chi connectivity index (χ1v) is 9.37. The third-order valence-electron chi connectivity index (χ3n) is 3.95. The maximum absolute atomic E-state index is 14.1. The Balaban J connectivity index is 1.88. The van der Waals surface area contributed by atoms with Gasteiger partial charge in [-0.05, 0) is 30.3 Å². The van der Waals surface area contributed by atoms with Gasteiger partial charge in [-0.3, -0.25) is 4.79 Å². The number of benzene rings is 2. The van der Waals surface area contributed by atoms with Crippen molar-refractivity contribution in [1.82, 2.24) is 4.31 Å². The number of halogens is 3. The van der Waals surface area contributed by atoms with Crippen molar-refractivity contribution in [2.45, 2.75) is 4.90 Å². The second-order valence-corrected chi connectivity index (χ2v) is 7.65. The van der Waals surface area contributed by atoms with Crippen LogP contribution in [0.1, 0.15) is 10.4 Å². The van der Waals surface area contributed by atoms with Crippen LogP contribution in [-0.4, -0.2) is 44.9 Å². The van der Waals surface area contributed by atoms with E-state index in [4.69, 9.17) is 4.74 Å². The summed E-state index contributed by atoms with van der Waals surface area (Å²) >= 11 is 0. The van der Waals surface area contributed by atoms with Gasteiger partial charge in [-0.1, -0.05) is 0 Å². The molecule has 1 fully saturated rings. The van der Waals surface area contributed by atoms with Crippen LogP contribution in [0.3, 0.4) is 0 Å². The molecule has 3 rings (SSSR count). The van der Waals surface area contributed by atoms with Gasteiger partial charge in [0, 0.05) is 24.8 Å². The Morgan fingerprint density at radius 2 is 1.70 bits per heavy atom. The van der Waals surface area contributed by atoms with E-state index in [0.29, 0.717) is 6.07 Å². The topological polar surface area (TPSA) is 75.7 Å².